The van der Waals surface area contributed by atoms with Gasteiger partial charge in [-0.15, -0.1) is 11.8 Å². The summed E-state index contributed by atoms with van der Waals surface area (Å²) in [5, 5.41) is 0. The number of thioether (sulfide) groups is 1. The smallest absolute Gasteiger partial charge is 0.176 e. The highest BCUT2D eigenvalue weighted by atomic mass is 32.2. The van der Waals surface area contributed by atoms with Crippen molar-refractivity contribution in [3.8, 4) is 0 Å². The zero-order valence-electron chi connectivity index (χ0n) is 11.8. The summed E-state index contributed by atoms with van der Waals surface area (Å²) in [6.45, 7) is 7.88. The Bertz CT molecular complexity index is 375. The first-order chi connectivity index (χ1) is 8.62. The maximum absolute atomic E-state index is 12.2. The molecule has 1 atom stereocenters. The highest BCUT2D eigenvalue weighted by Crippen LogP contribution is 2.15. The van der Waals surface area contributed by atoms with Gasteiger partial charge in [-0.25, -0.2) is 0 Å². The molecule has 100 valence electrons. The normalized spacial score (nSPS) is 12.7. The molecule has 0 aliphatic carbocycles. The van der Waals surface area contributed by atoms with Gasteiger partial charge in [0.15, 0.2) is 5.78 Å². The molecule has 0 N–H and O–H groups in total. The Labute approximate surface area is 115 Å². The molecule has 0 heterocycles. The SMILES string of the molecule is CCC(C)N(CC)CC(=O)c1ccc(SC)cc1. The number of nitrogens with zero attached hydrogens (tertiary/aromatic N) is 1. The Kier molecular flexibility index (Phi) is 6.44. The van der Waals surface area contributed by atoms with Gasteiger partial charge in [0.2, 0.25) is 0 Å². The Morgan fingerprint density at radius 2 is 1.89 bits per heavy atom. The van der Waals surface area contributed by atoms with Crippen LogP contribution in [0.4, 0.5) is 0 Å². The van der Waals surface area contributed by atoms with E-state index >= 15 is 0 Å². The Hall–Kier alpha value is -0.800. The zero-order valence-corrected chi connectivity index (χ0v) is 12.6. The van der Waals surface area contributed by atoms with Gasteiger partial charge < -0.3 is 0 Å². The lowest BCUT2D eigenvalue weighted by atomic mass is 10.1. The van der Waals surface area contributed by atoms with Crippen molar-refractivity contribution >= 4 is 17.5 Å². The highest BCUT2D eigenvalue weighted by Gasteiger charge is 2.15. The number of ketones is 1. The third-order valence-electron chi connectivity index (χ3n) is 3.38. The molecule has 2 nitrogen and oxygen atoms in total. The van der Waals surface area contributed by atoms with E-state index in [9.17, 15) is 4.79 Å². The molecule has 0 aliphatic rings. The number of benzene rings is 1. The fourth-order valence-electron chi connectivity index (χ4n) is 1.89. The fraction of sp³-hybridized carbons (Fsp3) is 0.533. The van der Waals surface area contributed by atoms with E-state index in [1.165, 1.54) is 4.90 Å². The summed E-state index contributed by atoms with van der Waals surface area (Å²) in [6, 6.07) is 8.34. The number of carbonyl (C=O) groups is 1. The number of likely N-dealkylation sites (N-methyl/N-ethyl adjacent to an activating group) is 1. The number of hydrogen-bond acceptors (Lipinski definition) is 3. The number of rotatable bonds is 7. The first-order valence-corrected chi connectivity index (χ1v) is 7.76. The lowest BCUT2D eigenvalue weighted by Gasteiger charge is -2.26. The van der Waals surface area contributed by atoms with Crippen LogP contribution in [0.1, 0.15) is 37.6 Å². The molecule has 18 heavy (non-hydrogen) atoms. The summed E-state index contributed by atoms with van der Waals surface area (Å²) in [7, 11) is 0. The Morgan fingerprint density at radius 3 is 2.33 bits per heavy atom. The summed E-state index contributed by atoms with van der Waals surface area (Å²) in [5.74, 6) is 0.213. The van der Waals surface area contributed by atoms with Crippen LogP contribution in [0.5, 0.6) is 0 Å². The van der Waals surface area contributed by atoms with Crippen LogP contribution in [0, 0.1) is 0 Å². The highest BCUT2D eigenvalue weighted by molar-refractivity contribution is 7.98. The molecule has 0 aromatic heterocycles. The molecule has 1 aromatic carbocycles. The van der Waals surface area contributed by atoms with Crippen molar-refractivity contribution in [1.29, 1.82) is 0 Å². The molecule has 0 fully saturated rings. The second-order valence-electron chi connectivity index (χ2n) is 4.47. The molecule has 0 aliphatic heterocycles. The van der Waals surface area contributed by atoms with Gasteiger partial charge in [0.1, 0.15) is 0 Å². The van der Waals surface area contributed by atoms with E-state index < -0.39 is 0 Å². The summed E-state index contributed by atoms with van der Waals surface area (Å²) < 4.78 is 0. The average molecular weight is 265 g/mol. The van der Waals surface area contributed by atoms with E-state index in [-0.39, 0.29) is 5.78 Å². The molecule has 0 spiro atoms. The number of hydrogen-bond donors (Lipinski definition) is 0. The molecule has 1 aromatic rings. The van der Waals surface area contributed by atoms with E-state index in [1.54, 1.807) is 11.8 Å². The van der Waals surface area contributed by atoms with Crippen molar-refractivity contribution in [2.45, 2.75) is 38.1 Å². The molecule has 3 heteroatoms. The van der Waals surface area contributed by atoms with E-state index in [1.807, 2.05) is 30.5 Å². The van der Waals surface area contributed by atoms with Gasteiger partial charge in [-0.05, 0) is 38.3 Å². The minimum atomic E-state index is 0.213. The van der Waals surface area contributed by atoms with E-state index in [0.29, 0.717) is 12.6 Å². The number of Topliss-reactive ketones (excluding diaryl/α,β-unsaturated/α-hetero) is 1. The van der Waals surface area contributed by atoms with E-state index in [4.69, 9.17) is 0 Å². The molecule has 0 amide bonds. The second-order valence-corrected chi connectivity index (χ2v) is 5.35. The summed E-state index contributed by atoms with van der Waals surface area (Å²) in [5.41, 5.74) is 0.814. The van der Waals surface area contributed by atoms with Gasteiger partial charge >= 0.3 is 0 Å². The maximum atomic E-state index is 12.2. The van der Waals surface area contributed by atoms with Crippen LogP contribution in [-0.4, -0.2) is 36.1 Å². The van der Waals surface area contributed by atoms with Gasteiger partial charge in [-0.2, -0.15) is 0 Å². The van der Waals surface area contributed by atoms with Crippen LogP contribution >= 0.6 is 11.8 Å². The minimum Gasteiger partial charge on any atom is -0.293 e. The zero-order chi connectivity index (χ0) is 13.5. The summed E-state index contributed by atoms with van der Waals surface area (Å²) >= 11 is 1.69. The summed E-state index contributed by atoms with van der Waals surface area (Å²) in [6.07, 6.45) is 3.12. The van der Waals surface area contributed by atoms with Crippen molar-refractivity contribution in [1.82, 2.24) is 4.90 Å². The van der Waals surface area contributed by atoms with Gasteiger partial charge in [0.05, 0.1) is 6.54 Å². The van der Waals surface area contributed by atoms with Crippen molar-refractivity contribution in [3.63, 3.8) is 0 Å². The van der Waals surface area contributed by atoms with Crippen molar-refractivity contribution in [3.05, 3.63) is 29.8 Å². The third-order valence-corrected chi connectivity index (χ3v) is 4.12. The van der Waals surface area contributed by atoms with E-state index in [2.05, 4.69) is 25.7 Å². The minimum absolute atomic E-state index is 0.213. The molecule has 1 rings (SSSR count). The van der Waals surface area contributed by atoms with Crippen LogP contribution < -0.4 is 0 Å². The third kappa shape index (κ3) is 4.14. The van der Waals surface area contributed by atoms with Crippen LogP contribution in [0.3, 0.4) is 0 Å². The molecule has 0 saturated carbocycles. The molecule has 0 saturated heterocycles. The largest absolute Gasteiger partial charge is 0.293 e. The molecule has 0 bridgehead atoms. The lowest BCUT2D eigenvalue weighted by Crippen LogP contribution is -2.36. The predicted octanol–water partition coefficient (Wildman–Crippen LogP) is 3.71. The maximum Gasteiger partial charge on any atom is 0.176 e. The number of carbonyl (C=O) groups excluding carboxylic acids is 1. The predicted molar refractivity (Wildman–Crippen MR) is 79.6 cm³/mol. The van der Waals surface area contributed by atoms with Crippen molar-refractivity contribution in [2.24, 2.45) is 0 Å². The van der Waals surface area contributed by atoms with Crippen LogP contribution in [0.25, 0.3) is 0 Å². The van der Waals surface area contributed by atoms with Crippen LogP contribution in [0.2, 0.25) is 0 Å². The Morgan fingerprint density at radius 1 is 1.28 bits per heavy atom. The van der Waals surface area contributed by atoms with Gasteiger partial charge in [-0.3, -0.25) is 9.69 Å². The van der Waals surface area contributed by atoms with Crippen molar-refractivity contribution in [2.75, 3.05) is 19.3 Å². The summed E-state index contributed by atoms with van der Waals surface area (Å²) in [4.78, 5) is 15.6. The van der Waals surface area contributed by atoms with Gasteiger partial charge in [0, 0.05) is 16.5 Å². The van der Waals surface area contributed by atoms with Gasteiger partial charge in [0.25, 0.3) is 0 Å². The van der Waals surface area contributed by atoms with E-state index in [0.717, 1.165) is 18.5 Å². The fourth-order valence-corrected chi connectivity index (χ4v) is 2.30. The van der Waals surface area contributed by atoms with Crippen LogP contribution in [0.15, 0.2) is 29.2 Å². The lowest BCUT2D eigenvalue weighted by molar-refractivity contribution is 0.0902. The average Bonchev–Trinajstić information content (AvgIpc) is 2.43. The first-order valence-electron chi connectivity index (χ1n) is 6.53. The van der Waals surface area contributed by atoms with Gasteiger partial charge in [-0.1, -0.05) is 26.0 Å². The standard InChI is InChI=1S/C15H23NOS/c1-5-12(3)16(6-2)11-15(17)13-7-9-14(18-4)10-8-13/h7-10,12H,5-6,11H2,1-4H3. The first kappa shape index (κ1) is 15.3. The second kappa shape index (κ2) is 7.59. The van der Waals surface area contributed by atoms with Crippen LogP contribution in [-0.2, 0) is 0 Å². The monoisotopic (exact) mass is 265 g/mol. The molecule has 0 radical (unpaired) electrons. The van der Waals surface area contributed by atoms with Crippen molar-refractivity contribution < 1.29 is 4.79 Å². The molecular formula is C15H23NOS. The molecule has 1 unspecified atom stereocenters. The topological polar surface area (TPSA) is 20.3 Å². The Balaban J connectivity index is 2.68. The molecular weight excluding hydrogens is 242 g/mol. The quantitative estimate of drug-likeness (QED) is 0.553.